The molecule has 0 saturated carbocycles. The summed E-state index contributed by atoms with van der Waals surface area (Å²) in [5, 5.41) is 1.33. The molecule has 1 aliphatic heterocycles. The van der Waals surface area contributed by atoms with Crippen molar-refractivity contribution >= 4 is 10.9 Å². The molecule has 3 heterocycles. The van der Waals surface area contributed by atoms with E-state index in [2.05, 4.69) is 58.8 Å². The fourth-order valence-corrected chi connectivity index (χ4v) is 4.11. The lowest BCUT2D eigenvalue weighted by Gasteiger charge is -2.31. The van der Waals surface area contributed by atoms with E-state index in [0.29, 0.717) is 6.04 Å². The van der Waals surface area contributed by atoms with Crippen LogP contribution in [0, 0.1) is 6.92 Å². The highest BCUT2D eigenvalue weighted by atomic mass is 16.5. The Balaban J connectivity index is 1.77. The number of hydrogen-bond donors (Lipinski definition) is 0. The molecule has 1 aliphatic rings. The highest BCUT2D eigenvalue weighted by Crippen LogP contribution is 2.38. The molecule has 4 heteroatoms. The van der Waals surface area contributed by atoms with Crippen LogP contribution >= 0.6 is 0 Å². The molecule has 0 bridgehead atoms. The Kier molecular flexibility index (Phi) is 4.45. The maximum absolute atomic E-state index is 5.49. The Morgan fingerprint density at radius 2 is 2.08 bits per heavy atom. The molecular weight excluding hydrogens is 322 g/mol. The van der Waals surface area contributed by atoms with Crippen LogP contribution in [0.3, 0.4) is 0 Å². The third-order valence-corrected chi connectivity index (χ3v) is 5.80. The van der Waals surface area contributed by atoms with Crippen LogP contribution in [-0.2, 0) is 19.4 Å². The Hall–Kier alpha value is -2.33. The fraction of sp³-hybridized carbons (Fsp3) is 0.409. The van der Waals surface area contributed by atoms with Crippen LogP contribution in [0.5, 0.6) is 5.75 Å². The maximum atomic E-state index is 5.49. The van der Waals surface area contributed by atoms with Gasteiger partial charge in [0.05, 0.1) is 7.11 Å². The summed E-state index contributed by atoms with van der Waals surface area (Å²) in [5.41, 5.74) is 6.63. The third kappa shape index (κ3) is 2.88. The number of benzene rings is 1. The van der Waals surface area contributed by atoms with Gasteiger partial charge >= 0.3 is 0 Å². The summed E-state index contributed by atoms with van der Waals surface area (Å²) < 4.78 is 8.02. The normalized spacial score (nSPS) is 17.5. The summed E-state index contributed by atoms with van der Waals surface area (Å²) in [4.78, 5) is 6.88. The number of hydrogen-bond acceptors (Lipinski definition) is 3. The van der Waals surface area contributed by atoms with Gasteiger partial charge < -0.3 is 9.30 Å². The van der Waals surface area contributed by atoms with Crippen molar-refractivity contribution < 1.29 is 4.74 Å². The van der Waals surface area contributed by atoms with E-state index in [4.69, 9.17) is 4.74 Å². The molecule has 0 saturated heterocycles. The zero-order chi connectivity index (χ0) is 18.3. The largest absolute Gasteiger partial charge is 0.497 e. The number of aromatic nitrogens is 2. The van der Waals surface area contributed by atoms with Crippen LogP contribution < -0.4 is 4.74 Å². The van der Waals surface area contributed by atoms with Gasteiger partial charge in [0.1, 0.15) is 5.75 Å². The SMILES string of the molecule is COc1ccc2c(c1)c1c(n2CCc2ccc(C)nc2)CCN(C)C1C. The first-order valence-electron chi connectivity index (χ1n) is 9.39. The van der Waals surface area contributed by atoms with Gasteiger partial charge in [-0.25, -0.2) is 0 Å². The predicted molar refractivity (Wildman–Crippen MR) is 106 cm³/mol. The minimum Gasteiger partial charge on any atom is -0.497 e. The molecule has 1 atom stereocenters. The first kappa shape index (κ1) is 17.1. The van der Waals surface area contributed by atoms with Crippen molar-refractivity contribution in [3.63, 3.8) is 0 Å². The Morgan fingerprint density at radius 3 is 2.81 bits per heavy atom. The summed E-state index contributed by atoms with van der Waals surface area (Å²) >= 11 is 0. The molecule has 3 aromatic rings. The molecule has 2 aromatic heterocycles. The van der Waals surface area contributed by atoms with Gasteiger partial charge in [-0.2, -0.15) is 0 Å². The van der Waals surface area contributed by atoms with Crippen molar-refractivity contribution in [3.05, 3.63) is 59.0 Å². The first-order chi connectivity index (χ1) is 12.6. The molecular formula is C22H27N3O. The summed E-state index contributed by atoms with van der Waals surface area (Å²) in [5.74, 6) is 0.931. The lowest BCUT2D eigenvalue weighted by molar-refractivity contribution is 0.245. The number of methoxy groups -OCH3 is 1. The number of ether oxygens (including phenoxy) is 1. The quantitative estimate of drug-likeness (QED) is 0.709. The van der Waals surface area contributed by atoms with E-state index >= 15 is 0 Å². The van der Waals surface area contributed by atoms with Gasteiger partial charge in [-0.05, 0) is 62.7 Å². The highest BCUT2D eigenvalue weighted by molar-refractivity contribution is 5.87. The number of rotatable bonds is 4. The topological polar surface area (TPSA) is 30.3 Å². The summed E-state index contributed by atoms with van der Waals surface area (Å²) in [7, 11) is 3.96. The number of fused-ring (bicyclic) bond motifs is 3. The smallest absolute Gasteiger partial charge is 0.119 e. The van der Waals surface area contributed by atoms with Gasteiger partial charge in [0.25, 0.3) is 0 Å². The molecule has 4 rings (SSSR count). The van der Waals surface area contributed by atoms with E-state index in [1.165, 1.54) is 27.7 Å². The van der Waals surface area contributed by atoms with E-state index < -0.39 is 0 Å². The molecule has 0 spiro atoms. The van der Waals surface area contributed by atoms with Gasteiger partial charge in [-0.1, -0.05) is 6.07 Å². The number of nitrogens with zero attached hydrogens (tertiary/aromatic N) is 3. The van der Waals surface area contributed by atoms with Crippen molar-refractivity contribution in [2.45, 2.75) is 39.3 Å². The van der Waals surface area contributed by atoms with Crippen LogP contribution in [0.25, 0.3) is 10.9 Å². The van der Waals surface area contributed by atoms with Crippen molar-refractivity contribution in [1.29, 1.82) is 0 Å². The van der Waals surface area contributed by atoms with Crippen LogP contribution in [-0.4, -0.2) is 35.2 Å². The van der Waals surface area contributed by atoms with Gasteiger partial charge in [0.2, 0.25) is 0 Å². The molecule has 26 heavy (non-hydrogen) atoms. The molecule has 0 radical (unpaired) electrons. The van der Waals surface area contributed by atoms with E-state index in [9.17, 15) is 0 Å². The van der Waals surface area contributed by atoms with Gasteiger partial charge in [0, 0.05) is 54.0 Å². The molecule has 0 aliphatic carbocycles. The lowest BCUT2D eigenvalue weighted by atomic mass is 9.97. The van der Waals surface area contributed by atoms with Crippen molar-refractivity contribution in [2.75, 3.05) is 20.7 Å². The average Bonchev–Trinajstić information content (AvgIpc) is 2.97. The van der Waals surface area contributed by atoms with Crippen molar-refractivity contribution in [2.24, 2.45) is 0 Å². The molecule has 4 nitrogen and oxygen atoms in total. The Bertz CT molecular complexity index is 927. The van der Waals surface area contributed by atoms with Crippen molar-refractivity contribution in [1.82, 2.24) is 14.5 Å². The van der Waals surface area contributed by atoms with E-state index in [0.717, 1.165) is 37.4 Å². The Labute approximate surface area is 155 Å². The van der Waals surface area contributed by atoms with Crippen LogP contribution in [0.15, 0.2) is 36.5 Å². The average molecular weight is 349 g/mol. The minimum absolute atomic E-state index is 0.427. The minimum atomic E-state index is 0.427. The number of aryl methyl sites for hydroxylation is 3. The van der Waals surface area contributed by atoms with E-state index in [1.807, 2.05) is 13.1 Å². The lowest BCUT2D eigenvalue weighted by Crippen LogP contribution is -2.31. The molecule has 0 fully saturated rings. The second kappa shape index (κ2) is 6.76. The monoisotopic (exact) mass is 349 g/mol. The van der Waals surface area contributed by atoms with Gasteiger partial charge in [0.15, 0.2) is 0 Å². The van der Waals surface area contributed by atoms with E-state index in [-0.39, 0.29) is 0 Å². The fourth-order valence-electron chi connectivity index (χ4n) is 4.11. The van der Waals surface area contributed by atoms with E-state index in [1.54, 1.807) is 7.11 Å². The van der Waals surface area contributed by atoms with Crippen LogP contribution in [0.2, 0.25) is 0 Å². The molecule has 1 unspecified atom stereocenters. The zero-order valence-electron chi connectivity index (χ0n) is 16.1. The zero-order valence-corrected chi connectivity index (χ0v) is 16.1. The molecule has 1 aromatic carbocycles. The van der Waals surface area contributed by atoms with Crippen LogP contribution in [0.1, 0.15) is 35.5 Å². The Morgan fingerprint density at radius 1 is 1.23 bits per heavy atom. The summed E-state index contributed by atoms with van der Waals surface area (Å²) in [6.45, 7) is 6.43. The van der Waals surface area contributed by atoms with Crippen molar-refractivity contribution in [3.8, 4) is 5.75 Å². The number of pyridine rings is 1. The molecule has 0 amide bonds. The molecule has 0 N–H and O–H groups in total. The summed E-state index contributed by atoms with van der Waals surface area (Å²) in [6.07, 6.45) is 4.10. The highest BCUT2D eigenvalue weighted by Gasteiger charge is 2.28. The van der Waals surface area contributed by atoms with Gasteiger partial charge in [-0.15, -0.1) is 0 Å². The molecule has 136 valence electrons. The second-order valence-electron chi connectivity index (χ2n) is 7.36. The number of likely N-dealkylation sites (N-methyl/N-ethyl adjacent to an activating group) is 1. The predicted octanol–water partition coefficient (Wildman–Crippen LogP) is 4.14. The van der Waals surface area contributed by atoms with Gasteiger partial charge in [-0.3, -0.25) is 9.88 Å². The maximum Gasteiger partial charge on any atom is 0.119 e. The first-order valence-corrected chi connectivity index (χ1v) is 9.39. The standard InChI is InChI=1S/C22H27N3O/c1-15-5-6-17(14-23-15)9-12-25-20-8-7-18(26-4)13-19(20)22-16(2)24(3)11-10-21(22)25/h5-8,13-14,16H,9-12H2,1-4H3. The summed E-state index contributed by atoms with van der Waals surface area (Å²) in [6, 6.07) is 11.2. The van der Waals surface area contributed by atoms with Crippen LogP contribution in [0.4, 0.5) is 0 Å². The third-order valence-electron chi connectivity index (χ3n) is 5.80. The second-order valence-corrected chi connectivity index (χ2v) is 7.36.